The highest BCUT2D eigenvalue weighted by molar-refractivity contribution is 5.82. The summed E-state index contributed by atoms with van der Waals surface area (Å²) in [5.74, 6) is 0.914. The van der Waals surface area contributed by atoms with Gasteiger partial charge in [-0.05, 0) is 43.5 Å². The number of pyridine rings is 1. The van der Waals surface area contributed by atoms with Gasteiger partial charge in [-0.2, -0.15) is 0 Å². The van der Waals surface area contributed by atoms with Crippen LogP contribution >= 0.6 is 0 Å². The second-order valence-corrected chi connectivity index (χ2v) is 5.67. The molecule has 0 radical (unpaired) electrons. The number of hydrogen-bond donors (Lipinski definition) is 1. The summed E-state index contributed by atoms with van der Waals surface area (Å²) in [7, 11) is 0. The van der Waals surface area contributed by atoms with Crippen LogP contribution in [0, 0.1) is 12.8 Å². The first-order valence-corrected chi connectivity index (χ1v) is 7.37. The molecule has 100 valence electrons. The Balaban J connectivity index is 1.96. The molecule has 1 aromatic heterocycles. The van der Waals surface area contributed by atoms with Crippen LogP contribution < -0.4 is 5.32 Å². The molecule has 1 aromatic carbocycles. The largest absolute Gasteiger partial charge is 0.309 e. The van der Waals surface area contributed by atoms with Crippen LogP contribution in [0.4, 0.5) is 0 Å². The van der Waals surface area contributed by atoms with Crippen molar-refractivity contribution >= 4 is 10.9 Å². The van der Waals surface area contributed by atoms with Gasteiger partial charge in [0.05, 0.1) is 11.2 Å². The van der Waals surface area contributed by atoms with Crippen LogP contribution in [0.1, 0.15) is 43.5 Å². The predicted octanol–water partition coefficient (Wildman–Crippen LogP) is 3.99. The van der Waals surface area contributed by atoms with Crippen molar-refractivity contribution in [3.05, 3.63) is 41.6 Å². The minimum absolute atomic E-state index is 0.417. The predicted molar refractivity (Wildman–Crippen MR) is 80.2 cm³/mol. The molecular formula is C17H22N2. The Kier molecular flexibility index (Phi) is 3.52. The highest BCUT2D eigenvalue weighted by Crippen LogP contribution is 2.37. The fraction of sp³-hybridized carbons (Fsp3) is 0.471. The van der Waals surface area contributed by atoms with Gasteiger partial charge in [0, 0.05) is 11.4 Å². The lowest BCUT2D eigenvalue weighted by molar-refractivity contribution is 0.477. The average Bonchev–Trinajstić information content (AvgIpc) is 3.22. The lowest BCUT2D eigenvalue weighted by atomic mass is 10.0. The number of rotatable bonds is 5. The zero-order valence-electron chi connectivity index (χ0n) is 11.8. The van der Waals surface area contributed by atoms with E-state index in [0.717, 1.165) is 18.0 Å². The van der Waals surface area contributed by atoms with Crippen molar-refractivity contribution < 1.29 is 0 Å². The number of nitrogens with one attached hydrogen (secondary N) is 1. The summed E-state index contributed by atoms with van der Waals surface area (Å²) in [6, 6.07) is 11.1. The first kappa shape index (κ1) is 12.6. The zero-order valence-corrected chi connectivity index (χ0v) is 11.8. The molecule has 1 fully saturated rings. The van der Waals surface area contributed by atoms with Gasteiger partial charge in [0.2, 0.25) is 0 Å². The summed E-state index contributed by atoms with van der Waals surface area (Å²) in [6.07, 6.45) is 4.03. The van der Waals surface area contributed by atoms with Crippen molar-refractivity contribution in [1.29, 1.82) is 0 Å². The smallest absolute Gasteiger partial charge is 0.0708 e. The van der Waals surface area contributed by atoms with Gasteiger partial charge in [-0.25, -0.2) is 0 Å². The lowest BCUT2D eigenvalue weighted by Gasteiger charge is -2.18. The van der Waals surface area contributed by atoms with Gasteiger partial charge < -0.3 is 5.32 Å². The van der Waals surface area contributed by atoms with E-state index in [1.165, 1.54) is 35.9 Å². The molecular weight excluding hydrogens is 232 g/mol. The fourth-order valence-electron chi connectivity index (χ4n) is 2.80. The number of aryl methyl sites for hydroxylation is 1. The summed E-state index contributed by atoms with van der Waals surface area (Å²) in [4.78, 5) is 4.87. The van der Waals surface area contributed by atoms with E-state index in [1.54, 1.807) is 0 Å². The molecule has 1 N–H and O–H groups in total. The van der Waals surface area contributed by atoms with Crippen LogP contribution in [-0.2, 0) is 0 Å². The topological polar surface area (TPSA) is 24.9 Å². The number of nitrogens with zero attached hydrogens (tertiary/aromatic N) is 1. The van der Waals surface area contributed by atoms with Crippen molar-refractivity contribution in [2.75, 3.05) is 6.54 Å². The minimum atomic E-state index is 0.417. The molecule has 0 spiro atoms. The molecule has 2 heteroatoms. The molecule has 1 atom stereocenters. The van der Waals surface area contributed by atoms with Crippen LogP contribution in [-0.4, -0.2) is 11.5 Å². The third kappa shape index (κ3) is 2.79. The molecule has 3 rings (SSSR count). The highest BCUT2D eigenvalue weighted by Gasteiger charge is 2.26. The van der Waals surface area contributed by atoms with Crippen molar-refractivity contribution in [2.24, 2.45) is 5.92 Å². The SMILES string of the molecule is CCNC(CC1CC1)c1cc(C)c2ccccc2n1. The summed E-state index contributed by atoms with van der Waals surface area (Å²) in [5.41, 5.74) is 3.67. The molecule has 0 amide bonds. The van der Waals surface area contributed by atoms with E-state index < -0.39 is 0 Å². The number of benzene rings is 1. The van der Waals surface area contributed by atoms with E-state index in [1.807, 2.05) is 0 Å². The second kappa shape index (κ2) is 5.30. The molecule has 19 heavy (non-hydrogen) atoms. The maximum absolute atomic E-state index is 4.87. The van der Waals surface area contributed by atoms with Crippen molar-refractivity contribution in [3.8, 4) is 0 Å². The monoisotopic (exact) mass is 254 g/mol. The lowest BCUT2D eigenvalue weighted by Crippen LogP contribution is -2.22. The second-order valence-electron chi connectivity index (χ2n) is 5.67. The van der Waals surface area contributed by atoms with E-state index in [0.29, 0.717) is 6.04 Å². The third-order valence-electron chi connectivity index (χ3n) is 4.02. The molecule has 0 bridgehead atoms. The molecule has 1 aliphatic carbocycles. The Hall–Kier alpha value is -1.41. The van der Waals surface area contributed by atoms with Crippen molar-refractivity contribution in [2.45, 2.75) is 39.2 Å². The molecule has 1 saturated carbocycles. The third-order valence-corrected chi connectivity index (χ3v) is 4.02. The van der Waals surface area contributed by atoms with Gasteiger partial charge in [-0.1, -0.05) is 38.0 Å². The quantitative estimate of drug-likeness (QED) is 0.872. The van der Waals surface area contributed by atoms with Gasteiger partial charge >= 0.3 is 0 Å². The van der Waals surface area contributed by atoms with Crippen LogP contribution in [0.2, 0.25) is 0 Å². The Morgan fingerprint density at radius 3 is 2.84 bits per heavy atom. The molecule has 2 aromatic rings. The summed E-state index contributed by atoms with van der Waals surface area (Å²) >= 11 is 0. The van der Waals surface area contributed by atoms with Crippen molar-refractivity contribution in [1.82, 2.24) is 10.3 Å². The Morgan fingerprint density at radius 2 is 2.11 bits per heavy atom. The van der Waals surface area contributed by atoms with E-state index in [4.69, 9.17) is 4.98 Å². The Bertz CT molecular complexity index is 572. The highest BCUT2D eigenvalue weighted by atomic mass is 14.9. The van der Waals surface area contributed by atoms with Gasteiger partial charge in [0.15, 0.2) is 0 Å². The minimum Gasteiger partial charge on any atom is -0.309 e. The van der Waals surface area contributed by atoms with Gasteiger partial charge in [0.1, 0.15) is 0 Å². The first-order chi connectivity index (χ1) is 9.28. The molecule has 1 aliphatic rings. The molecule has 2 nitrogen and oxygen atoms in total. The van der Waals surface area contributed by atoms with Crippen molar-refractivity contribution in [3.63, 3.8) is 0 Å². The van der Waals surface area contributed by atoms with E-state index in [9.17, 15) is 0 Å². The van der Waals surface area contributed by atoms with Gasteiger partial charge in [-0.15, -0.1) is 0 Å². The summed E-state index contributed by atoms with van der Waals surface area (Å²) in [6.45, 7) is 5.37. The number of fused-ring (bicyclic) bond motifs is 1. The Labute approximate surface area is 115 Å². The molecule has 0 aliphatic heterocycles. The normalized spacial score (nSPS) is 16.7. The van der Waals surface area contributed by atoms with Crippen LogP contribution in [0.15, 0.2) is 30.3 Å². The standard InChI is InChI=1S/C17H22N2/c1-3-18-16(11-13-8-9-13)17-10-12(2)14-6-4-5-7-15(14)19-17/h4-7,10,13,16,18H,3,8-9,11H2,1-2H3. The van der Waals surface area contributed by atoms with Crippen LogP contribution in [0.3, 0.4) is 0 Å². The fourth-order valence-corrected chi connectivity index (χ4v) is 2.80. The average molecular weight is 254 g/mol. The van der Waals surface area contributed by atoms with E-state index >= 15 is 0 Å². The van der Waals surface area contributed by atoms with Gasteiger partial charge in [0.25, 0.3) is 0 Å². The maximum atomic E-state index is 4.87. The summed E-state index contributed by atoms with van der Waals surface area (Å²) < 4.78 is 0. The number of hydrogen-bond acceptors (Lipinski definition) is 2. The number of para-hydroxylation sites is 1. The Morgan fingerprint density at radius 1 is 1.32 bits per heavy atom. The van der Waals surface area contributed by atoms with Gasteiger partial charge in [-0.3, -0.25) is 4.98 Å². The molecule has 1 unspecified atom stereocenters. The maximum Gasteiger partial charge on any atom is 0.0708 e. The molecule has 0 saturated heterocycles. The first-order valence-electron chi connectivity index (χ1n) is 7.37. The zero-order chi connectivity index (χ0) is 13.2. The van der Waals surface area contributed by atoms with Crippen LogP contribution in [0.25, 0.3) is 10.9 Å². The molecule has 1 heterocycles. The van der Waals surface area contributed by atoms with Crippen LogP contribution in [0.5, 0.6) is 0 Å². The number of aromatic nitrogens is 1. The van der Waals surface area contributed by atoms with E-state index in [-0.39, 0.29) is 0 Å². The van der Waals surface area contributed by atoms with E-state index in [2.05, 4.69) is 49.5 Å². The summed E-state index contributed by atoms with van der Waals surface area (Å²) in [5, 5.41) is 4.87.